The van der Waals surface area contributed by atoms with Crippen LogP contribution < -0.4 is 0 Å². The standard InChI is InChI=1S/C24H38.2C2H6/c1-7-8-19-10-12-21-20-11-9-18(4)23(5,15-13-17(2)3)22(20)14-16-24(19,21)6;2*1-2/h7,9,19-22H,1-2,8,10-16H2,3-6H3;2*1-2H3. The van der Waals surface area contributed by atoms with Crippen LogP contribution in [0.25, 0.3) is 0 Å². The smallest absolute Gasteiger partial charge is 0.00850 e. The highest BCUT2D eigenvalue weighted by Gasteiger charge is 2.57. The molecule has 3 aliphatic rings. The van der Waals surface area contributed by atoms with Crippen molar-refractivity contribution in [3.05, 3.63) is 36.5 Å². The molecule has 0 aliphatic heterocycles. The highest BCUT2D eigenvalue weighted by molar-refractivity contribution is 5.21. The molecule has 0 saturated heterocycles. The first kappa shape index (κ1) is 25.3. The molecule has 6 atom stereocenters. The Morgan fingerprint density at radius 1 is 1.11 bits per heavy atom. The third-order valence-electron chi connectivity index (χ3n) is 8.57. The third-order valence-corrected chi connectivity index (χ3v) is 8.57. The zero-order valence-electron chi connectivity index (χ0n) is 20.5. The Hall–Kier alpha value is -0.780. The van der Waals surface area contributed by atoms with Crippen molar-refractivity contribution in [1.82, 2.24) is 0 Å². The molecule has 0 aromatic heterocycles. The predicted octanol–water partition coefficient (Wildman–Crippen LogP) is 9.39. The molecule has 6 unspecified atom stereocenters. The number of fused-ring (bicyclic) bond motifs is 3. The molecule has 2 fully saturated rings. The van der Waals surface area contributed by atoms with E-state index in [9.17, 15) is 0 Å². The summed E-state index contributed by atoms with van der Waals surface area (Å²) in [6, 6.07) is 0. The monoisotopic (exact) mass is 386 g/mol. The van der Waals surface area contributed by atoms with Gasteiger partial charge >= 0.3 is 0 Å². The minimum absolute atomic E-state index is 0.403. The topological polar surface area (TPSA) is 0 Å². The van der Waals surface area contributed by atoms with E-state index in [-0.39, 0.29) is 0 Å². The fraction of sp³-hybridized carbons (Fsp3) is 0.786. The van der Waals surface area contributed by atoms with Crippen LogP contribution in [0.3, 0.4) is 0 Å². The molecule has 28 heavy (non-hydrogen) atoms. The van der Waals surface area contributed by atoms with E-state index in [2.05, 4.69) is 53.0 Å². The van der Waals surface area contributed by atoms with Crippen molar-refractivity contribution in [2.24, 2.45) is 34.5 Å². The van der Waals surface area contributed by atoms with Gasteiger partial charge in [0.05, 0.1) is 0 Å². The van der Waals surface area contributed by atoms with Gasteiger partial charge in [-0.05, 0) is 99.7 Å². The summed E-state index contributed by atoms with van der Waals surface area (Å²) < 4.78 is 0. The summed E-state index contributed by atoms with van der Waals surface area (Å²) in [6.45, 7) is 26.0. The second-order valence-electron chi connectivity index (χ2n) is 9.72. The van der Waals surface area contributed by atoms with Crippen LogP contribution in [-0.4, -0.2) is 0 Å². The Labute approximate surface area is 178 Å². The van der Waals surface area contributed by atoms with Crippen molar-refractivity contribution in [3.63, 3.8) is 0 Å². The minimum atomic E-state index is 0.403. The van der Waals surface area contributed by atoms with Gasteiger partial charge in [0.25, 0.3) is 0 Å². The lowest BCUT2D eigenvalue weighted by Crippen LogP contribution is -2.48. The molecule has 3 aliphatic carbocycles. The van der Waals surface area contributed by atoms with Gasteiger partial charge < -0.3 is 0 Å². The summed E-state index contributed by atoms with van der Waals surface area (Å²) in [6.07, 6.45) is 15.6. The highest BCUT2D eigenvalue weighted by Crippen LogP contribution is 2.65. The maximum Gasteiger partial charge on any atom is -0.00850 e. The Morgan fingerprint density at radius 2 is 1.75 bits per heavy atom. The zero-order chi connectivity index (χ0) is 21.5. The lowest BCUT2D eigenvalue weighted by atomic mass is 9.48. The second-order valence-corrected chi connectivity index (χ2v) is 9.72. The first-order valence-corrected chi connectivity index (χ1v) is 12.3. The summed E-state index contributed by atoms with van der Waals surface area (Å²) >= 11 is 0. The van der Waals surface area contributed by atoms with E-state index in [0.717, 1.165) is 23.7 Å². The SMILES string of the molecule is C=CCC1CCC2C3CC=C(C)C(C)(CCC(=C)C)C3CCC12C.CC.CC. The molecular formula is C28H50. The molecule has 0 N–H and O–H groups in total. The molecule has 0 aromatic rings. The predicted molar refractivity (Wildman–Crippen MR) is 129 cm³/mol. The second kappa shape index (κ2) is 10.8. The quantitative estimate of drug-likeness (QED) is 0.413. The molecule has 0 heterocycles. The summed E-state index contributed by atoms with van der Waals surface area (Å²) in [5.74, 6) is 3.63. The van der Waals surface area contributed by atoms with Crippen LogP contribution >= 0.6 is 0 Å². The van der Waals surface area contributed by atoms with Crippen LogP contribution in [0.2, 0.25) is 0 Å². The maximum atomic E-state index is 4.17. The molecule has 0 nitrogen and oxygen atoms in total. The largest absolute Gasteiger partial charge is 0.103 e. The van der Waals surface area contributed by atoms with E-state index in [1.807, 2.05) is 27.7 Å². The average Bonchev–Trinajstić information content (AvgIpc) is 3.03. The zero-order valence-corrected chi connectivity index (χ0v) is 20.5. The molecular weight excluding hydrogens is 336 g/mol. The van der Waals surface area contributed by atoms with Gasteiger partial charge in [0.15, 0.2) is 0 Å². The Morgan fingerprint density at radius 3 is 2.32 bits per heavy atom. The van der Waals surface area contributed by atoms with E-state index >= 15 is 0 Å². The number of allylic oxidation sites excluding steroid dienone is 4. The van der Waals surface area contributed by atoms with Crippen molar-refractivity contribution in [1.29, 1.82) is 0 Å². The number of hydrogen-bond acceptors (Lipinski definition) is 0. The normalized spacial score (nSPS) is 38.5. The van der Waals surface area contributed by atoms with Crippen LogP contribution in [0, 0.1) is 34.5 Å². The van der Waals surface area contributed by atoms with Crippen LogP contribution in [-0.2, 0) is 0 Å². The van der Waals surface area contributed by atoms with Crippen LogP contribution in [0.4, 0.5) is 0 Å². The van der Waals surface area contributed by atoms with Crippen molar-refractivity contribution in [2.75, 3.05) is 0 Å². The van der Waals surface area contributed by atoms with Crippen molar-refractivity contribution in [3.8, 4) is 0 Å². The minimum Gasteiger partial charge on any atom is -0.103 e. The van der Waals surface area contributed by atoms with Gasteiger partial charge in [0, 0.05) is 0 Å². The Balaban J connectivity index is 0.000000921. The molecule has 0 aromatic carbocycles. The van der Waals surface area contributed by atoms with Gasteiger partial charge in [0.2, 0.25) is 0 Å². The highest BCUT2D eigenvalue weighted by atomic mass is 14.6. The fourth-order valence-corrected chi connectivity index (χ4v) is 6.80. The van der Waals surface area contributed by atoms with Crippen molar-refractivity contribution in [2.45, 2.75) is 107 Å². The number of hydrogen-bond donors (Lipinski definition) is 0. The van der Waals surface area contributed by atoms with Crippen LogP contribution in [0.1, 0.15) is 107 Å². The molecule has 0 spiro atoms. The molecule has 0 heteroatoms. The lowest BCUT2D eigenvalue weighted by Gasteiger charge is -2.56. The maximum absolute atomic E-state index is 4.17. The molecule has 2 saturated carbocycles. The molecule has 0 amide bonds. The summed E-state index contributed by atoms with van der Waals surface area (Å²) in [5.41, 5.74) is 3.98. The van der Waals surface area contributed by atoms with Gasteiger partial charge in [0.1, 0.15) is 0 Å². The first-order chi connectivity index (χ1) is 13.3. The van der Waals surface area contributed by atoms with Crippen LogP contribution in [0.15, 0.2) is 36.5 Å². The molecule has 0 radical (unpaired) electrons. The molecule has 3 rings (SSSR count). The third kappa shape index (κ3) is 4.68. The van der Waals surface area contributed by atoms with Gasteiger partial charge in [-0.15, -0.1) is 13.2 Å². The average molecular weight is 387 g/mol. The van der Waals surface area contributed by atoms with E-state index in [1.165, 1.54) is 56.9 Å². The summed E-state index contributed by atoms with van der Waals surface area (Å²) in [4.78, 5) is 0. The van der Waals surface area contributed by atoms with Gasteiger partial charge in [-0.3, -0.25) is 0 Å². The van der Waals surface area contributed by atoms with Gasteiger partial charge in [-0.25, -0.2) is 0 Å². The van der Waals surface area contributed by atoms with Crippen molar-refractivity contribution < 1.29 is 0 Å². The van der Waals surface area contributed by atoms with Crippen LogP contribution in [0.5, 0.6) is 0 Å². The van der Waals surface area contributed by atoms with Gasteiger partial charge in [-0.1, -0.05) is 64.8 Å². The van der Waals surface area contributed by atoms with E-state index in [0.29, 0.717) is 10.8 Å². The fourth-order valence-electron chi connectivity index (χ4n) is 6.80. The van der Waals surface area contributed by atoms with Crippen molar-refractivity contribution >= 4 is 0 Å². The van der Waals surface area contributed by atoms with Gasteiger partial charge in [-0.2, -0.15) is 0 Å². The number of rotatable bonds is 5. The van der Waals surface area contributed by atoms with E-state index < -0.39 is 0 Å². The molecule has 162 valence electrons. The Bertz CT molecular complexity index is 538. The summed E-state index contributed by atoms with van der Waals surface area (Å²) in [5, 5.41) is 0. The van der Waals surface area contributed by atoms with E-state index in [4.69, 9.17) is 0 Å². The summed E-state index contributed by atoms with van der Waals surface area (Å²) in [7, 11) is 0. The molecule has 0 bridgehead atoms. The lowest BCUT2D eigenvalue weighted by molar-refractivity contribution is -0.0354. The van der Waals surface area contributed by atoms with E-state index in [1.54, 1.807) is 5.57 Å². The Kier molecular flexibility index (Phi) is 9.78. The first-order valence-electron chi connectivity index (χ1n) is 12.3.